The Morgan fingerprint density at radius 1 is 1.26 bits per heavy atom. The highest BCUT2D eigenvalue weighted by atomic mass is 35.5. The second-order valence-corrected chi connectivity index (χ2v) is 5.70. The Morgan fingerprint density at radius 3 is 2.83 bits per heavy atom. The summed E-state index contributed by atoms with van der Waals surface area (Å²) in [5, 5.41) is 3.95. The standard InChI is InChI=1S/C18H23ClN2O2/c1-3-4-7-20-12-15-9-16(19)18(17(10-15)22-2)23-13-14-6-5-8-21-11-14/h5-6,8-11,20H,3-4,7,12-13H2,1-2H3. The molecule has 0 radical (unpaired) electrons. The number of hydrogen-bond acceptors (Lipinski definition) is 4. The van der Waals surface area contributed by atoms with E-state index in [9.17, 15) is 0 Å². The summed E-state index contributed by atoms with van der Waals surface area (Å²) in [6.45, 7) is 4.34. The molecule has 0 spiro atoms. The van der Waals surface area contributed by atoms with Gasteiger partial charge in [-0.05, 0) is 36.7 Å². The van der Waals surface area contributed by atoms with Gasteiger partial charge in [0.1, 0.15) is 6.61 Å². The lowest BCUT2D eigenvalue weighted by Crippen LogP contribution is -2.14. The first-order valence-corrected chi connectivity index (χ1v) is 8.21. The first-order chi connectivity index (χ1) is 11.2. The van der Waals surface area contributed by atoms with Crippen LogP contribution >= 0.6 is 11.6 Å². The van der Waals surface area contributed by atoms with Gasteiger partial charge in [-0.2, -0.15) is 0 Å². The summed E-state index contributed by atoms with van der Waals surface area (Å²) in [6, 6.07) is 7.72. The fourth-order valence-corrected chi connectivity index (χ4v) is 2.48. The molecular formula is C18H23ClN2O2. The summed E-state index contributed by atoms with van der Waals surface area (Å²) in [5.74, 6) is 1.21. The van der Waals surface area contributed by atoms with Crippen molar-refractivity contribution >= 4 is 11.6 Å². The van der Waals surface area contributed by atoms with E-state index >= 15 is 0 Å². The van der Waals surface area contributed by atoms with E-state index in [0.717, 1.165) is 30.6 Å². The van der Waals surface area contributed by atoms with Crippen molar-refractivity contribution in [2.24, 2.45) is 0 Å². The molecule has 0 saturated heterocycles. The van der Waals surface area contributed by atoms with Gasteiger partial charge in [0.2, 0.25) is 0 Å². The number of unbranched alkanes of at least 4 members (excludes halogenated alkanes) is 1. The largest absolute Gasteiger partial charge is 0.493 e. The smallest absolute Gasteiger partial charge is 0.180 e. The summed E-state index contributed by atoms with van der Waals surface area (Å²) >= 11 is 6.37. The lowest BCUT2D eigenvalue weighted by atomic mass is 10.2. The van der Waals surface area contributed by atoms with Gasteiger partial charge >= 0.3 is 0 Å². The lowest BCUT2D eigenvalue weighted by Gasteiger charge is -2.14. The third-order valence-corrected chi connectivity index (χ3v) is 3.71. The summed E-state index contributed by atoms with van der Waals surface area (Å²) < 4.78 is 11.3. The van der Waals surface area contributed by atoms with Crippen LogP contribution in [-0.2, 0) is 13.2 Å². The van der Waals surface area contributed by atoms with Gasteiger partial charge in [0, 0.05) is 24.5 Å². The summed E-state index contributed by atoms with van der Waals surface area (Å²) in [6.07, 6.45) is 5.85. The van der Waals surface area contributed by atoms with Gasteiger partial charge in [0.05, 0.1) is 12.1 Å². The Morgan fingerprint density at radius 2 is 2.13 bits per heavy atom. The minimum absolute atomic E-state index is 0.401. The van der Waals surface area contributed by atoms with Gasteiger partial charge in [0.25, 0.3) is 0 Å². The maximum atomic E-state index is 6.37. The minimum Gasteiger partial charge on any atom is -0.493 e. The molecule has 0 aliphatic carbocycles. The number of benzene rings is 1. The first kappa shape index (κ1) is 17.6. The van der Waals surface area contributed by atoms with Crippen LogP contribution in [0.15, 0.2) is 36.7 Å². The van der Waals surface area contributed by atoms with E-state index in [2.05, 4.69) is 17.2 Å². The number of methoxy groups -OCH3 is 1. The molecule has 124 valence electrons. The third-order valence-electron chi connectivity index (χ3n) is 3.43. The van der Waals surface area contributed by atoms with Gasteiger partial charge in [-0.1, -0.05) is 31.0 Å². The zero-order chi connectivity index (χ0) is 16.5. The first-order valence-electron chi connectivity index (χ1n) is 7.83. The molecule has 0 bridgehead atoms. The molecule has 0 fully saturated rings. The van der Waals surface area contributed by atoms with Crippen molar-refractivity contribution in [3.63, 3.8) is 0 Å². The maximum Gasteiger partial charge on any atom is 0.180 e. The fourth-order valence-electron chi connectivity index (χ4n) is 2.19. The normalized spacial score (nSPS) is 10.6. The molecule has 0 atom stereocenters. The van der Waals surface area contributed by atoms with Crippen molar-refractivity contribution < 1.29 is 9.47 Å². The zero-order valence-electron chi connectivity index (χ0n) is 13.6. The molecule has 0 aliphatic rings. The van der Waals surface area contributed by atoms with E-state index in [0.29, 0.717) is 23.1 Å². The molecular weight excluding hydrogens is 312 g/mol. The summed E-state index contributed by atoms with van der Waals surface area (Å²) in [5.41, 5.74) is 2.06. The Kier molecular flexibility index (Phi) is 7.17. The lowest BCUT2D eigenvalue weighted by molar-refractivity contribution is 0.284. The summed E-state index contributed by atoms with van der Waals surface area (Å²) in [7, 11) is 1.62. The quantitative estimate of drug-likeness (QED) is 0.697. The van der Waals surface area contributed by atoms with Gasteiger partial charge < -0.3 is 14.8 Å². The van der Waals surface area contributed by atoms with Crippen LogP contribution in [0.5, 0.6) is 11.5 Å². The zero-order valence-corrected chi connectivity index (χ0v) is 14.4. The molecule has 0 saturated carbocycles. The number of aromatic nitrogens is 1. The summed E-state index contributed by atoms with van der Waals surface area (Å²) in [4.78, 5) is 4.07. The monoisotopic (exact) mass is 334 g/mol. The van der Waals surface area contributed by atoms with E-state index in [1.54, 1.807) is 19.5 Å². The van der Waals surface area contributed by atoms with Crippen LogP contribution in [0.25, 0.3) is 0 Å². The van der Waals surface area contributed by atoms with Gasteiger partial charge in [0.15, 0.2) is 11.5 Å². The Balaban J connectivity index is 2.04. The van der Waals surface area contributed by atoms with E-state index in [1.807, 2.05) is 24.3 Å². The molecule has 1 aromatic carbocycles. The molecule has 4 nitrogen and oxygen atoms in total. The van der Waals surface area contributed by atoms with Gasteiger partial charge in [-0.15, -0.1) is 0 Å². The molecule has 5 heteroatoms. The predicted octanol–water partition coefficient (Wildman–Crippen LogP) is 4.21. The number of halogens is 1. The molecule has 23 heavy (non-hydrogen) atoms. The molecule has 1 heterocycles. The average Bonchev–Trinajstić information content (AvgIpc) is 2.58. The van der Waals surface area contributed by atoms with Crippen molar-refractivity contribution in [3.05, 3.63) is 52.8 Å². The van der Waals surface area contributed by atoms with Crippen LogP contribution in [0.3, 0.4) is 0 Å². The second-order valence-electron chi connectivity index (χ2n) is 5.29. The minimum atomic E-state index is 0.401. The molecule has 1 N–H and O–H groups in total. The van der Waals surface area contributed by atoms with Crippen molar-refractivity contribution in [2.45, 2.75) is 32.9 Å². The molecule has 0 unspecified atom stereocenters. The van der Waals surface area contributed by atoms with E-state index < -0.39 is 0 Å². The molecule has 1 aromatic heterocycles. The predicted molar refractivity (Wildman–Crippen MR) is 93.2 cm³/mol. The second kappa shape index (κ2) is 9.38. The van der Waals surface area contributed by atoms with E-state index in [1.165, 1.54) is 6.42 Å². The van der Waals surface area contributed by atoms with Crippen LogP contribution in [0.4, 0.5) is 0 Å². The van der Waals surface area contributed by atoms with Gasteiger partial charge in [-0.3, -0.25) is 4.98 Å². The number of rotatable bonds is 9. The third kappa shape index (κ3) is 5.41. The van der Waals surface area contributed by atoms with Crippen molar-refractivity contribution in [2.75, 3.05) is 13.7 Å². The van der Waals surface area contributed by atoms with Crippen LogP contribution in [-0.4, -0.2) is 18.6 Å². The van der Waals surface area contributed by atoms with Crippen LogP contribution < -0.4 is 14.8 Å². The van der Waals surface area contributed by atoms with Crippen molar-refractivity contribution in [3.8, 4) is 11.5 Å². The van der Waals surface area contributed by atoms with E-state index in [4.69, 9.17) is 21.1 Å². The van der Waals surface area contributed by atoms with Crippen molar-refractivity contribution in [1.29, 1.82) is 0 Å². The van der Waals surface area contributed by atoms with Crippen molar-refractivity contribution in [1.82, 2.24) is 10.3 Å². The Labute approximate surface area is 142 Å². The average molecular weight is 335 g/mol. The number of nitrogens with one attached hydrogen (secondary N) is 1. The molecule has 2 aromatic rings. The Hall–Kier alpha value is -1.78. The van der Waals surface area contributed by atoms with Crippen LogP contribution in [0, 0.1) is 0 Å². The highest BCUT2D eigenvalue weighted by Gasteiger charge is 2.12. The highest BCUT2D eigenvalue weighted by molar-refractivity contribution is 6.32. The van der Waals surface area contributed by atoms with Gasteiger partial charge in [-0.25, -0.2) is 0 Å². The van der Waals surface area contributed by atoms with Crippen LogP contribution in [0.2, 0.25) is 5.02 Å². The molecule has 2 rings (SSSR count). The number of ether oxygens (including phenoxy) is 2. The topological polar surface area (TPSA) is 43.4 Å². The maximum absolute atomic E-state index is 6.37. The van der Waals surface area contributed by atoms with Crippen LogP contribution in [0.1, 0.15) is 30.9 Å². The SMILES string of the molecule is CCCCNCc1cc(Cl)c(OCc2cccnc2)c(OC)c1. The molecule has 0 aliphatic heterocycles. The number of pyridine rings is 1. The highest BCUT2D eigenvalue weighted by Crippen LogP contribution is 2.36. The van der Waals surface area contributed by atoms with E-state index in [-0.39, 0.29) is 0 Å². The number of hydrogen-bond donors (Lipinski definition) is 1. The number of nitrogens with zero attached hydrogens (tertiary/aromatic N) is 1. The fraction of sp³-hybridized carbons (Fsp3) is 0.389. The Bertz CT molecular complexity index is 605. The molecule has 0 amide bonds.